The van der Waals surface area contributed by atoms with E-state index < -0.39 is 23.3 Å². The van der Waals surface area contributed by atoms with Crippen LogP contribution in [0, 0.1) is 0 Å². The van der Waals surface area contributed by atoms with E-state index in [0.717, 1.165) is 7.11 Å². The van der Waals surface area contributed by atoms with Crippen LogP contribution in [0.1, 0.15) is 12.0 Å². The molecule has 15 heteroatoms. The summed E-state index contributed by atoms with van der Waals surface area (Å²) in [5, 5.41) is 16.1. The van der Waals surface area contributed by atoms with Gasteiger partial charge in [0.2, 0.25) is 11.4 Å². The van der Waals surface area contributed by atoms with Crippen LogP contribution in [-0.2, 0) is 39.9 Å². The van der Waals surface area contributed by atoms with Crippen LogP contribution in [-0.4, -0.2) is 68.4 Å². The molecule has 12 nitrogen and oxygen atoms in total. The number of halogens is 3. The highest BCUT2D eigenvalue weighted by atomic mass is 79.9. The monoisotopic (exact) mass is 708 g/mol. The second-order valence-corrected chi connectivity index (χ2v) is 9.82. The van der Waals surface area contributed by atoms with Gasteiger partial charge < -0.3 is 33.7 Å². The molecule has 0 bridgehead atoms. The topological polar surface area (TPSA) is 152 Å². The third kappa shape index (κ3) is 5.38. The summed E-state index contributed by atoms with van der Waals surface area (Å²) in [6.07, 6.45) is 0.889. The van der Waals surface area contributed by atoms with Crippen molar-refractivity contribution in [3.05, 3.63) is 42.7 Å². The van der Waals surface area contributed by atoms with Crippen molar-refractivity contribution in [3.63, 3.8) is 0 Å². The van der Waals surface area contributed by atoms with E-state index in [4.69, 9.17) is 19.0 Å². The van der Waals surface area contributed by atoms with Crippen molar-refractivity contribution < 1.29 is 48.1 Å². The Morgan fingerprint density at radius 3 is 2.41 bits per heavy atom. The number of hydrogen-bond donors (Lipinski definition) is 1. The van der Waals surface area contributed by atoms with Gasteiger partial charge in [-0.15, -0.1) is 0 Å². The smallest absolute Gasteiger partial charge is 0.356 e. The highest BCUT2D eigenvalue weighted by Gasteiger charge is 2.52. The van der Waals surface area contributed by atoms with Crippen LogP contribution in [0.25, 0.3) is 0 Å². The molecular weight excluding hydrogens is 692 g/mol. The lowest BCUT2D eigenvalue weighted by atomic mass is 9.87. The van der Waals surface area contributed by atoms with Crippen LogP contribution in [0.3, 0.4) is 0 Å². The number of ketones is 1. The first-order valence-corrected chi connectivity index (χ1v) is 12.5. The van der Waals surface area contributed by atoms with Gasteiger partial charge in [0.25, 0.3) is 0 Å². The van der Waals surface area contributed by atoms with Gasteiger partial charge in [0.1, 0.15) is 14.7 Å². The van der Waals surface area contributed by atoms with Gasteiger partial charge >= 0.3 is 11.9 Å². The van der Waals surface area contributed by atoms with E-state index >= 15 is 0 Å². The van der Waals surface area contributed by atoms with E-state index in [1.165, 1.54) is 27.4 Å². The molecule has 0 radical (unpaired) electrons. The van der Waals surface area contributed by atoms with Crippen molar-refractivity contribution in [2.45, 2.75) is 18.4 Å². The normalized spacial score (nSPS) is 19.2. The molecule has 0 amide bonds. The summed E-state index contributed by atoms with van der Waals surface area (Å²) in [6, 6.07) is 1.59. The third-order valence-corrected chi connectivity index (χ3v) is 7.30. The molecule has 1 unspecified atom stereocenters. The molecule has 2 aliphatic rings. The van der Waals surface area contributed by atoms with Crippen LogP contribution >= 0.6 is 47.8 Å². The van der Waals surface area contributed by atoms with Crippen molar-refractivity contribution in [2.75, 3.05) is 28.4 Å². The Kier molecular flexibility index (Phi) is 9.02. The van der Waals surface area contributed by atoms with Crippen molar-refractivity contribution >= 4 is 76.9 Å². The zero-order chi connectivity index (χ0) is 27.5. The average Bonchev–Trinajstić information content (AvgIpc) is 3.32. The Morgan fingerprint density at radius 2 is 1.84 bits per heavy atom. The molecule has 37 heavy (non-hydrogen) atoms. The number of Topliss-reactive ketones (excluding diaryl/α,β-unsaturated/α-hetero) is 1. The van der Waals surface area contributed by atoms with E-state index in [-0.39, 0.29) is 46.0 Å². The van der Waals surface area contributed by atoms with Crippen LogP contribution in [0.4, 0.5) is 0 Å². The Bertz CT molecular complexity index is 1290. The van der Waals surface area contributed by atoms with Gasteiger partial charge in [0.05, 0.1) is 39.3 Å². The quantitative estimate of drug-likeness (QED) is 0.184. The maximum absolute atomic E-state index is 13.2. The minimum Gasteiger partial charge on any atom is -0.494 e. The molecule has 1 spiro atoms. The number of rotatable bonds is 8. The second kappa shape index (κ2) is 11.6. The molecule has 0 fully saturated rings. The zero-order valence-corrected chi connectivity index (χ0v) is 24.5. The number of ether oxygens (including phenoxy) is 5. The predicted molar refractivity (Wildman–Crippen MR) is 138 cm³/mol. The largest absolute Gasteiger partial charge is 0.494 e. The van der Waals surface area contributed by atoms with Crippen LogP contribution < -0.4 is 9.47 Å². The molecule has 1 aliphatic heterocycles. The Labute approximate surface area is 235 Å². The highest BCUT2D eigenvalue weighted by Crippen LogP contribution is 2.46. The molecule has 0 saturated carbocycles. The first-order valence-electron chi connectivity index (χ1n) is 10.1. The van der Waals surface area contributed by atoms with Crippen molar-refractivity contribution in [3.8, 4) is 11.5 Å². The van der Waals surface area contributed by atoms with Gasteiger partial charge in [-0.2, -0.15) is 0 Å². The molecule has 0 aromatic heterocycles. The maximum atomic E-state index is 13.2. The molecule has 0 saturated heterocycles. The average molecular weight is 711 g/mol. The summed E-state index contributed by atoms with van der Waals surface area (Å²) < 4.78 is 27.2. The summed E-state index contributed by atoms with van der Waals surface area (Å²) in [7, 11) is 5.09. The fourth-order valence-corrected chi connectivity index (χ4v) is 5.81. The van der Waals surface area contributed by atoms with Crippen LogP contribution in [0.15, 0.2) is 47.4 Å². The van der Waals surface area contributed by atoms with Crippen molar-refractivity contribution in [1.82, 2.24) is 0 Å². The number of carbonyl (C=O) groups excluding carboxylic acids is 3. The molecule has 1 aliphatic carbocycles. The molecular formula is C22H19Br3N2O10. The molecule has 1 aromatic rings. The van der Waals surface area contributed by atoms with E-state index in [1.807, 2.05) is 0 Å². The summed E-state index contributed by atoms with van der Waals surface area (Å²) in [5.41, 5.74) is -1.76. The first kappa shape index (κ1) is 28.7. The number of methoxy groups -OCH3 is 4. The molecule has 1 atom stereocenters. The van der Waals surface area contributed by atoms with Gasteiger partial charge in [0.15, 0.2) is 28.7 Å². The Morgan fingerprint density at radius 1 is 1.14 bits per heavy atom. The summed E-state index contributed by atoms with van der Waals surface area (Å²) in [4.78, 5) is 42.6. The Hall–Kier alpha value is -2.91. The molecule has 198 valence electrons. The summed E-state index contributed by atoms with van der Waals surface area (Å²) >= 11 is 10.1. The minimum atomic E-state index is -1.71. The van der Waals surface area contributed by atoms with Crippen molar-refractivity contribution in [2.24, 2.45) is 10.3 Å². The molecule has 1 heterocycles. The molecule has 1 aromatic carbocycles. The predicted octanol–water partition coefficient (Wildman–Crippen LogP) is 3.55. The van der Waals surface area contributed by atoms with E-state index in [0.29, 0.717) is 20.3 Å². The second-order valence-electron chi connectivity index (χ2n) is 7.38. The number of esters is 2. The maximum Gasteiger partial charge on any atom is 0.356 e. The number of nitrogens with zero attached hydrogens (tertiary/aromatic N) is 2. The van der Waals surface area contributed by atoms with Gasteiger partial charge in [-0.05, 0) is 53.9 Å². The minimum absolute atomic E-state index is 0.0159. The number of hydrogen-bond acceptors (Lipinski definition) is 12. The van der Waals surface area contributed by atoms with Gasteiger partial charge in [0, 0.05) is 18.1 Å². The van der Waals surface area contributed by atoms with E-state index in [9.17, 15) is 19.6 Å². The van der Waals surface area contributed by atoms with Gasteiger partial charge in [-0.1, -0.05) is 10.3 Å². The van der Waals surface area contributed by atoms with E-state index in [2.05, 4.69) is 67.6 Å². The Balaban J connectivity index is 2.14. The van der Waals surface area contributed by atoms with Crippen LogP contribution in [0.5, 0.6) is 11.5 Å². The first-order chi connectivity index (χ1) is 17.6. The summed E-state index contributed by atoms with van der Waals surface area (Å²) in [5.74, 6) is -1.66. The van der Waals surface area contributed by atoms with Gasteiger partial charge in [-0.3, -0.25) is 4.79 Å². The lowest BCUT2D eigenvalue weighted by Crippen LogP contribution is -2.41. The van der Waals surface area contributed by atoms with Crippen LogP contribution in [0.2, 0.25) is 0 Å². The van der Waals surface area contributed by atoms with Gasteiger partial charge in [-0.25, -0.2) is 9.59 Å². The standard InChI is InChI=1S/C22H19Br3N2O10/c1-32-17-10(23)5-9(6-11(26-31)20(29)34-3)16(14(17)24)36-13-8-22(19(28)15(25)18(13)33-2)7-12(27-37-22)21(30)35-4/h5,8,31H,6-7H2,1-4H3/b26-11-. The lowest BCUT2D eigenvalue weighted by Gasteiger charge is -2.28. The zero-order valence-electron chi connectivity index (χ0n) is 19.7. The number of carbonyl (C=O) groups is 3. The highest BCUT2D eigenvalue weighted by molar-refractivity contribution is 9.12. The van der Waals surface area contributed by atoms with E-state index in [1.54, 1.807) is 6.07 Å². The summed E-state index contributed by atoms with van der Waals surface area (Å²) in [6.45, 7) is 0. The third-order valence-electron chi connectivity index (χ3n) is 5.27. The van der Waals surface area contributed by atoms with Crippen molar-refractivity contribution in [1.29, 1.82) is 0 Å². The fraction of sp³-hybridized carbons (Fsp3) is 0.318. The number of benzene rings is 1. The molecule has 3 rings (SSSR count). The fourth-order valence-electron chi connectivity index (χ4n) is 3.50. The lowest BCUT2D eigenvalue weighted by molar-refractivity contribution is -0.133. The SMILES string of the molecule is COC(=O)C1=NOC2(C=C(Oc3c(C/C(=N/O)C(=O)OC)cc(Br)c(OC)c3Br)C(OC)=C(Br)C2=O)C1. The number of oxime groups is 2. The molecule has 1 N–H and O–H groups in total.